The van der Waals surface area contributed by atoms with Crippen LogP contribution in [0, 0.1) is 0 Å². The smallest absolute Gasteiger partial charge is 0.233 e. The van der Waals surface area contributed by atoms with E-state index in [1.54, 1.807) is 18.2 Å². The second kappa shape index (κ2) is 7.35. The highest BCUT2D eigenvalue weighted by Crippen LogP contribution is 2.26. The molecule has 0 radical (unpaired) electrons. The molecule has 2 N–H and O–H groups in total. The number of methoxy groups -OCH3 is 2. The van der Waals surface area contributed by atoms with Gasteiger partial charge in [-0.2, -0.15) is 0 Å². The predicted octanol–water partition coefficient (Wildman–Crippen LogP) is 1.44. The van der Waals surface area contributed by atoms with Crippen LogP contribution in [0.15, 0.2) is 18.2 Å². The zero-order valence-electron chi connectivity index (χ0n) is 12.3. The lowest BCUT2D eigenvalue weighted by molar-refractivity contribution is 0.395. The monoisotopic (exact) mass is 302 g/mol. The Balaban J connectivity index is 2.75. The summed E-state index contributed by atoms with van der Waals surface area (Å²) < 4.78 is 36.6. The number of ether oxygens (including phenoxy) is 2. The maximum absolute atomic E-state index is 11.9. The van der Waals surface area contributed by atoms with E-state index in [1.165, 1.54) is 14.2 Å². The highest BCUT2D eigenvalue weighted by Gasteiger charge is 2.12. The highest BCUT2D eigenvalue weighted by atomic mass is 32.2. The molecule has 0 bridgehead atoms. The van der Waals surface area contributed by atoms with Crippen LogP contribution in [-0.4, -0.2) is 41.0 Å². The van der Waals surface area contributed by atoms with Crippen LogP contribution >= 0.6 is 0 Å². The molecule has 0 atom stereocenters. The van der Waals surface area contributed by atoms with E-state index in [9.17, 15) is 8.42 Å². The molecule has 1 aromatic carbocycles. The Labute approximate surface area is 120 Å². The SMILES string of the molecule is COc1cc(NS(=O)(=O)CCNC(C)C)cc(OC)c1. The second-order valence-electron chi connectivity index (χ2n) is 4.63. The van der Waals surface area contributed by atoms with Gasteiger partial charge in [-0.15, -0.1) is 0 Å². The van der Waals surface area contributed by atoms with Crippen LogP contribution in [0.1, 0.15) is 13.8 Å². The average Bonchev–Trinajstić information content (AvgIpc) is 2.36. The van der Waals surface area contributed by atoms with Gasteiger partial charge in [0.15, 0.2) is 0 Å². The number of benzene rings is 1. The van der Waals surface area contributed by atoms with Gasteiger partial charge in [0.2, 0.25) is 10.0 Å². The molecular weight excluding hydrogens is 280 g/mol. The Kier molecular flexibility index (Phi) is 6.09. The molecule has 0 aliphatic carbocycles. The molecule has 114 valence electrons. The first-order chi connectivity index (χ1) is 9.36. The van der Waals surface area contributed by atoms with Crippen molar-refractivity contribution in [3.8, 4) is 11.5 Å². The first kappa shape index (κ1) is 16.6. The molecule has 7 heteroatoms. The molecule has 0 aliphatic rings. The van der Waals surface area contributed by atoms with Gasteiger partial charge in [-0.3, -0.25) is 4.72 Å². The summed E-state index contributed by atoms with van der Waals surface area (Å²) in [7, 11) is -0.377. The van der Waals surface area contributed by atoms with E-state index in [-0.39, 0.29) is 11.8 Å². The van der Waals surface area contributed by atoms with Crippen LogP contribution in [0.2, 0.25) is 0 Å². The number of sulfonamides is 1. The van der Waals surface area contributed by atoms with Crippen molar-refractivity contribution >= 4 is 15.7 Å². The van der Waals surface area contributed by atoms with Crippen molar-refractivity contribution in [1.82, 2.24) is 5.32 Å². The Morgan fingerprint density at radius 3 is 2.10 bits per heavy atom. The maximum atomic E-state index is 11.9. The largest absolute Gasteiger partial charge is 0.497 e. The van der Waals surface area contributed by atoms with Crippen LogP contribution in [0.3, 0.4) is 0 Å². The molecule has 0 amide bonds. The van der Waals surface area contributed by atoms with E-state index in [2.05, 4.69) is 10.0 Å². The van der Waals surface area contributed by atoms with Gasteiger partial charge in [-0.1, -0.05) is 13.8 Å². The number of rotatable bonds is 8. The summed E-state index contributed by atoms with van der Waals surface area (Å²) in [5.41, 5.74) is 0.422. The van der Waals surface area contributed by atoms with E-state index in [0.29, 0.717) is 23.7 Å². The summed E-state index contributed by atoms with van der Waals surface area (Å²) in [6, 6.07) is 5.14. The van der Waals surface area contributed by atoms with Crippen molar-refractivity contribution in [2.75, 3.05) is 31.2 Å². The van der Waals surface area contributed by atoms with Gasteiger partial charge in [-0.25, -0.2) is 8.42 Å². The molecular formula is C13H22N2O4S. The number of anilines is 1. The van der Waals surface area contributed by atoms with Crippen molar-refractivity contribution in [3.63, 3.8) is 0 Å². The normalized spacial score (nSPS) is 11.4. The molecule has 0 fully saturated rings. The zero-order valence-corrected chi connectivity index (χ0v) is 13.1. The molecule has 0 saturated heterocycles. The first-order valence-electron chi connectivity index (χ1n) is 6.33. The fourth-order valence-electron chi connectivity index (χ4n) is 1.58. The van der Waals surface area contributed by atoms with Gasteiger partial charge in [0.05, 0.1) is 25.7 Å². The van der Waals surface area contributed by atoms with Crippen LogP contribution in [-0.2, 0) is 10.0 Å². The zero-order chi connectivity index (χ0) is 15.2. The van der Waals surface area contributed by atoms with E-state index >= 15 is 0 Å². The van der Waals surface area contributed by atoms with Crippen molar-refractivity contribution in [3.05, 3.63) is 18.2 Å². The molecule has 0 unspecified atom stereocenters. The molecule has 0 spiro atoms. The Morgan fingerprint density at radius 1 is 1.10 bits per heavy atom. The Hall–Kier alpha value is -1.47. The number of hydrogen-bond donors (Lipinski definition) is 2. The molecule has 0 saturated carbocycles. The van der Waals surface area contributed by atoms with Crippen molar-refractivity contribution in [2.45, 2.75) is 19.9 Å². The summed E-state index contributed by atoms with van der Waals surface area (Å²) in [5, 5.41) is 3.06. The van der Waals surface area contributed by atoms with Crippen LogP contribution in [0.4, 0.5) is 5.69 Å². The fourth-order valence-corrected chi connectivity index (χ4v) is 2.54. The third-order valence-electron chi connectivity index (χ3n) is 2.55. The van der Waals surface area contributed by atoms with Crippen molar-refractivity contribution in [1.29, 1.82) is 0 Å². The average molecular weight is 302 g/mol. The fraction of sp³-hybridized carbons (Fsp3) is 0.538. The van der Waals surface area contributed by atoms with Gasteiger partial charge in [0, 0.05) is 30.8 Å². The lowest BCUT2D eigenvalue weighted by atomic mass is 10.3. The lowest BCUT2D eigenvalue weighted by Gasteiger charge is -2.12. The lowest BCUT2D eigenvalue weighted by Crippen LogP contribution is -2.30. The van der Waals surface area contributed by atoms with E-state index in [4.69, 9.17) is 9.47 Å². The van der Waals surface area contributed by atoms with Crippen LogP contribution in [0.25, 0.3) is 0 Å². The quantitative estimate of drug-likeness (QED) is 0.760. The molecule has 1 rings (SSSR count). The van der Waals surface area contributed by atoms with Crippen LogP contribution in [0.5, 0.6) is 11.5 Å². The van der Waals surface area contributed by atoms with Gasteiger partial charge in [-0.05, 0) is 0 Å². The summed E-state index contributed by atoms with van der Waals surface area (Å²) in [5.74, 6) is 1.06. The first-order valence-corrected chi connectivity index (χ1v) is 7.98. The molecule has 0 aliphatic heterocycles. The number of hydrogen-bond acceptors (Lipinski definition) is 5. The van der Waals surface area contributed by atoms with Gasteiger partial charge in [0.25, 0.3) is 0 Å². The Morgan fingerprint density at radius 2 is 1.65 bits per heavy atom. The summed E-state index contributed by atoms with van der Waals surface area (Å²) in [6.45, 7) is 4.33. The maximum Gasteiger partial charge on any atom is 0.233 e. The minimum Gasteiger partial charge on any atom is -0.497 e. The van der Waals surface area contributed by atoms with Gasteiger partial charge >= 0.3 is 0 Å². The van der Waals surface area contributed by atoms with E-state index < -0.39 is 10.0 Å². The predicted molar refractivity (Wildman–Crippen MR) is 80.1 cm³/mol. The van der Waals surface area contributed by atoms with Crippen molar-refractivity contribution < 1.29 is 17.9 Å². The van der Waals surface area contributed by atoms with Crippen molar-refractivity contribution in [2.24, 2.45) is 0 Å². The van der Waals surface area contributed by atoms with E-state index in [0.717, 1.165) is 0 Å². The molecule has 6 nitrogen and oxygen atoms in total. The standard InChI is InChI=1S/C13H22N2O4S/c1-10(2)14-5-6-20(16,17)15-11-7-12(18-3)9-13(8-11)19-4/h7-10,14-15H,5-6H2,1-4H3. The summed E-state index contributed by atoms with van der Waals surface area (Å²) in [4.78, 5) is 0. The minimum atomic E-state index is -3.40. The summed E-state index contributed by atoms with van der Waals surface area (Å²) >= 11 is 0. The van der Waals surface area contributed by atoms with E-state index in [1.807, 2.05) is 13.8 Å². The second-order valence-corrected chi connectivity index (χ2v) is 6.47. The van der Waals surface area contributed by atoms with Gasteiger partial charge < -0.3 is 14.8 Å². The summed E-state index contributed by atoms with van der Waals surface area (Å²) in [6.07, 6.45) is 0. The number of nitrogens with one attached hydrogen (secondary N) is 2. The molecule has 0 aromatic heterocycles. The third kappa shape index (κ3) is 5.66. The third-order valence-corrected chi connectivity index (χ3v) is 3.84. The molecule has 20 heavy (non-hydrogen) atoms. The van der Waals surface area contributed by atoms with Crippen LogP contribution < -0.4 is 19.5 Å². The Bertz CT molecular complexity index is 507. The van der Waals surface area contributed by atoms with Gasteiger partial charge in [0.1, 0.15) is 11.5 Å². The highest BCUT2D eigenvalue weighted by molar-refractivity contribution is 7.92. The molecule has 1 aromatic rings. The topological polar surface area (TPSA) is 76.7 Å². The molecule has 0 heterocycles. The minimum absolute atomic E-state index is 0.00467.